The van der Waals surface area contributed by atoms with Crippen LogP contribution in [-0.4, -0.2) is 43.4 Å². The summed E-state index contributed by atoms with van der Waals surface area (Å²) >= 11 is 6.75. The number of fused-ring (bicyclic) bond motifs is 1. The monoisotopic (exact) mass is 477 g/mol. The van der Waals surface area contributed by atoms with Crippen LogP contribution in [0, 0.1) is 11.3 Å². The molecule has 1 amide bonds. The zero-order valence-corrected chi connectivity index (χ0v) is 19.0. The lowest BCUT2D eigenvalue weighted by atomic mass is 10.1. The Bertz CT molecular complexity index is 1250. The molecule has 3 aromatic rings. The van der Waals surface area contributed by atoms with Crippen molar-refractivity contribution in [2.24, 2.45) is 0 Å². The summed E-state index contributed by atoms with van der Waals surface area (Å²) in [5.74, 6) is 0.148. The zero-order chi connectivity index (χ0) is 22.6. The van der Waals surface area contributed by atoms with E-state index in [1.54, 1.807) is 24.3 Å². The molecule has 31 heavy (non-hydrogen) atoms. The largest absolute Gasteiger partial charge is 0.337 e. The molecule has 10 heteroatoms. The third kappa shape index (κ3) is 5.81. The first-order valence-corrected chi connectivity index (χ1v) is 12.0. The Hall–Kier alpha value is -2.48. The first kappa shape index (κ1) is 23.2. The number of likely N-dealkylation sites (tertiary alicyclic amines) is 1. The van der Waals surface area contributed by atoms with Crippen molar-refractivity contribution in [1.82, 2.24) is 10.2 Å². The van der Waals surface area contributed by atoms with Crippen LogP contribution in [0.5, 0.6) is 0 Å². The van der Waals surface area contributed by atoms with Crippen LogP contribution >= 0.6 is 22.9 Å². The first-order valence-electron chi connectivity index (χ1n) is 9.33. The normalized spacial score (nSPS) is 16.1. The lowest BCUT2D eigenvalue weighted by Gasteiger charge is -2.16. The molecule has 0 spiro atoms. The molecule has 162 valence electrons. The van der Waals surface area contributed by atoms with Crippen molar-refractivity contribution < 1.29 is 17.8 Å². The fourth-order valence-electron chi connectivity index (χ4n) is 3.24. The molecule has 0 radical (unpaired) electrons. The number of benzene rings is 2. The smallest absolute Gasteiger partial charge is 0.304 e. The van der Waals surface area contributed by atoms with E-state index < -0.39 is 10.1 Å². The highest BCUT2D eigenvalue weighted by Crippen LogP contribution is 2.30. The third-order valence-electron chi connectivity index (χ3n) is 4.79. The molecule has 2 heterocycles. The van der Waals surface area contributed by atoms with Crippen molar-refractivity contribution in [3.63, 3.8) is 0 Å². The molecule has 0 unspecified atom stereocenters. The van der Waals surface area contributed by atoms with Gasteiger partial charge < -0.3 is 10.2 Å². The van der Waals surface area contributed by atoms with Gasteiger partial charge in [0.2, 0.25) is 5.91 Å². The van der Waals surface area contributed by atoms with Crippen LogP contribution in [0.1, 0.15) is 17.5 Å². The third-order valence-corrected chi connectivity index (χ3v) is 7.44. The van der Waals surface area contributed by atoms with Gasteiger partial charge in [0, 0.05) is 22.8 Å². The van der Waals surface area contributed by atoms with Gasteiger partial charge in [-0.25, -0.2) is 0 Å². The van der Waals surface area contributed by atoms with E-state index in [4.69, 9.17) is 21.4 Å². The van der Waals surface area contributed by atoms with Crippen LogP contribution in [0.3, 0.4) is 0 Å². The van der Waals surface area contributed by atoms with Crippen molar-refractivity contribution in [3.05, 3.63) is 64.7 Å². The molecule has 2 aromatic carbocycles. The molecule has 4 rings (SSSR count). The lowest BCUT2D eigenvalue weighted by Crippen LogP contribution is -2.35. The number of thiophene rings is 1. The number of rotatable bonds is 4. The maximum atomic E-state index is 11.9. The highest BCUT2D eigenvalue weighted by Gasteiger charge is 2.29. The van der Waals surface area contributed by atoms with Gasteiger partial charge in [-0.2, -0.15) is 13.7 Å². The van der Waals surface area contributed by atoms with Gasteiger partial charge in [0.1, 0.15) is 4.21 Å². The standard InChI is InChI=1S/C13H15N3O.C8H5ClO3S2/c1-15-12-5-6-16(13(12)17)9-11-4-2-3-10(7-11)8-14;9-6-1-2-7-5(3-6)4-8(13-7)14(10,11)12/h2-4,7,12,15H,5-6,9H2,1H3;1-4H,(H,10,11,12)/t12-;/m0./s1. The predicted octanol–water partition coefficient (Wildman–Crippen LogP) is 3.68. The molecule has 0 saturated carbocycles. The Morgan fingerprint density at radius 2 is 2.06 bits per heavy atom. The lowest BCUT2D eigenvalue weighted by molar-refractivity contribution is -0.129. The number of hydrogen-bond donors (Lipinski definition) is 2. The molecule has 1 saturated heterocycles. The van der Waals surface area contributed by atoms with Gasteiger partial charge in [0.15, 0.2) is 0 Å². The van der Waals surface area contributed by atoms with Gasteiger partial charge in [-0.3, -0.25) is 9.35 Å². The van der Waals surface area contributed by atoms with Crippen LogP contribution < -0.4 is 5.32 Å². The Labute approximate surface area is 189 Å². The molecule has 1 atom stereocenters. The van der Waals surface area contributed by atoms with E-state index in [0.717, 1.165) is 40.0 Å². The predicted molar refractivity (Wildman–Crippen MR) is 121 cm³/mol. The summed E-state index contributed by atoms with van der Waals surface area (Å²) in [6.45, 7) is 1.37. The highest BCUT2D eigenvalue weighted by atomic mass is 35.5. The summed E-state index contributed by atoms with van der Waals surface area (Å²) in [7, 11) is -2.29. The summed E-state index contributed by atoms with van der Waals surface area (Å²) in [6.07, 6.45) is 0.854. The van der Waals surface area contributed by atoms with Crippen molar-refractivity contribution in [2.45, 2.75) is 23.2 Å². The second-order valence-corrected chi connectivity index (χ2v) is 10.1. The minimum Gasteiger partial charge on any atom is -0.337 e. The fraction of sp³-hybridized carbons (Fsp3) is 0.238. The molecular formula is C21H20ClN3O4S2. The Kier molecular flexibility index (Phi) is 7.30. The molecule has 1 aromatic heterocycles. The Morgan fingerprint density at radius 1 is 1.29 bits per heavy atom. The van der Waals surface area contributed by atoms with E-state index in [1.807, 2.05) is 30.1 Å². The summed E-state index contributed by atoms with van der Waals surface area (Å²) in [4.78, 5) is 13.7. The van der Waals surface area contributed by atoms with Gasteiger partial charge >= 0.3 is 10.1 Å². The maximum absolute atomic E-state index is 11.9. The number of amides is 1. The molecule has 2 N–H and O–H groups in total. The van der Waals surface area contributed by atoms with E-state index in [0.29, 0.717) is 17.1 Å². The van der Waals surface area contributed by atoms with Crippen molar-refractivity contribution in [2.75, 3.05) is 13.6 Å². The SMILES string of the molecule is CN[C@H]1CCN(Cc2cccc(C#N)c2)C1=O.O=S(=O)(O)c1cc2cc(Cl)ccc2s1. The number of halogens is 1. The quantitative estimate of drug-likeness (QED) is 0.554. The van der Waals surface area contributed by atoms with E-state index in [1.165, 1.54) is 6.07 Å². The average molecular weight is 478 g/mol. The van der Waals surface area contributed by atoms with E-state index >= 15 is 0 Å². The maximum Gasteiger partial charge on any atom is 0.304 e. The van der Waals surface area contributed by atoms with Gasteiger partial charge in [-0.05, 0) is 60.8 Å². The van der Waals surface area contributed by atoms with Gasteiger partial charge in [0.05, 0.1) is 17.7 Å². The first-order chi connectivity index (χ1) is 14.7. The Morgan fingerprint density at radius 3 is 2.71 bits per heavy atom. The second-order valence-electron chi connectivity index (χ2n) is 6.92. The molecule has 1 fully saturated rings. The van der Waals surface area contributed by atoms with Crippen molar-refractivity contribution in [1.29, 1.82) is 5.26 Å². The van der Waals surface area contributed by atoms with E-state index in [2.05, 4.69) is 11.4 Å². The number of nitrogens with zero attached hydrogens (tertiary/aromatic N) is 2. The summed E-state index contributed by atoms with van der Waals surface area (Å²) in [5, 5.41) is 13.1. The highest BCUT2D eigenvalue weighted by molar-refractivity contribution is 7.88. The van der Waals surface area contributed by atoms with Gasteiger partial charge in [-0.15, -0.1) is 11.3 Å². The average Bonchev–Trinajstić information content (AvgIpc) is 3.32. The van der Waals surface area contributed by atoms with Crippen LogP contribution in [0.2, 0.25) is 5.02 Å². The molecule has 7 nitrogen and oxygen atoms in total. The van der Waals surface area contributed by atoms with Crippen LogP contribution in [0.25, 0.3) is 10.1 Å². The number of hydrogen-bond acceptors (Lipinski definition) is 6. The van der Waals surface area contributed by atoms with E-state index in [9.17, 15) is 13.2 Å². The van der Waals surface area contributed by atoms with Crippen molar-refractivity contribution in [3.8, 4) is 6.07 Å². The Balaban J connectivity index is 0.000000179. The van der Waals surface area contributed by atoms with Gasteiger partial charge in [-0.1, -0.05) is 23.7 Å². The minimum absolute atomic E-state index is 0.0471. The second kappa shape index (κ2) is 9.77. The number of nitriles is 1. The minimum atomic E-state index is -4.10. The summed E-state index contributed by atoms with van der Waals surface area (Å²) in [5.41, 5.74) is 1.65. The molecular weight excluding hydrogens is 458 g/mol. The van der Waals surface area contributed by atoms with Crippen LogP contribution in [-0.2, 0) is 21.5 Å². The number of carbonyl (C=O) groups excluding carboxylic acids is 1. The molecule has 1 aliphatic rings. The number of nitrogens with one attached hydrogen (secondary N) is 1. The van der Waals surface area contributed by atoms with Gasteiger partial charge in [0.25, 0.3) is 0 Å². The summed E-state index contributed by atoms with van der Waals surface area (Å²) < 4.78 is 31.2. The fourth-order valence-corrected chi connectivity index (χ4v) is 5.16. The molecule has 0 aliphatic carbocycles. The topological polar surface area (TPSA) is 111 Å². The van der Waals surface area contributed by atoms with E-state index in [-0.39, 0.29) is 16.2 Å². The number of likely N-dealkylation sites (N-methyl/N-ethyl adjacent to an activating group) is 1. The van der Waals surface area contributed by atoms with Crippen LogP contribution in [0.15, 0.2) is 52.7 Å². The molecule has 0 bridgehead atoms. The number of carbonyl (C=O) groups is 1. The zero-order valence-electron chi connectivity index (χ0n) is 16.6. The molecule has 1 aliphatic heterocycles. The van der Waals surface area contributed by atoms with Crippen molar-refractivity contribution >= 4 is 49.0 Å². The summed E-state index contributed by atoms with van der Waals surface area (Å²) in [6, 6.07) is 15.9. The van der Waals surface area contributed by atoms with Crippen LogP contribution in [0.4, 0.5) is 0 Å².